The van der Waals surface area contributed by atoms with Crippen LogP contribution in [0.4, 0.5) is 20.6 Å². The van der Waals surface area contributed by atoms with Crippen LogP contribution >= 0.6 is 0 Å². The van der Waals surface area contributed by atoms with E-state index >= 15 is 0 Å². The number of pyridine rings is 2. The molecule has 1 aromatic carbocycles. The Hall–Kier alpha value is -5.10. The second-order valence-electron chi connectivity index (χ2n) is 13.0. The SMILES string of the molecule is Cc1nc(F)ccc1[C@@H](c1cn(C23CC(C2)C3)nn1)N(C(=O)O)c1cc(C#N)c2ncc(C#N)c(N[C@H](C)C(C)(C)C)c2c1. The summed E-state index contributed by atoms with van der Waals surface area (Å²) in [6.07, 6.45) is 4.87. The number of aryl methyl sites for hydroxylation is 1. The van der Waals surface area contributed by atoms with Crippen LogP contribution in [0.2, 0.25) is 0 Å². The normalized spacial score (nSPS) is 20.0. The van der Waals surface area contributed by atoms with Gasteiger partial charge in [-0.15, -0.1) is 5.10 Å². The molecule has 3 aliphatic rings. The van der Waals surface area contributed by atoms with E-state index in [4.69, 9.17) is 0 Å². The van der Waals surface area contributed by atoms with Crippen molar-refractivity contribution in [1.29, 1.82) is 10.5 Å². The molecular formula is C32H32FN9O2. The number of halogens is 1. The Kier molecular flexibility index (Phi) is 6.76. The number of benzene rings is 1. The van der Waals surface area contributed by atoms with Gasteiger partial charge in [-0.05, 0) is 62.6 Å². The van der Waals surface area contributed by atoms with Crippen molar-refractivity contribution in [2.45, 2.75) is 71.5 Å². The number of hydrogen-bond acceptors (Lipinski definition) is 8. The van der Waals surface area contributed by atoms with Crippen LogP contribution in [-0.2, 0) is 5.54 Å². The lowest BCUT2D eigenvalue weighted by atomic mass is 9.50. The smallest absolute Gasteiger partial charge is 0.412 e. The molecular weight excluding hydrogens is 561 g/mol. The summed E-state index contributed by atoms with van der Waals surface area (Å²) in [7, 11) is 0. The molecule has 2 atom stereocenters. The molecule has 11 nitrogen and oxygen atoms in total. The van der Waals surface area contributed by atoms with Gasteiger partial charge in [0.05, 0.1) is 39.8 Å². The number of nitrogens with one attached hydrogen (secondary N) is 1. The first kappa shape index (κ1) is 29.0. The molecule has 224 valence electrons. The zero-order valence-electron chi connectivity index (χ0n) is 25.1. The quantitative estimate of drug-likeness (QED) is 0.244. The van der Waals surface area contributed by atoms with Crippen LogP contribution in [0.15, 0.2) is 36.7 Å². The molecule has 2 N–H and O–H groups in total. The maximum absolute atomic E-state index is 14.1. The van der Waals surface area contributed by atoms with Crippen LogP contribution in [0, 0.1) is 46.9 Å². The van der Waals surface area contributed by atoms with Crippen LogP contribution in [0.5, 0.6) is 0 Å². The number of rotatable bonds is 7. The predicted octanol–water partition coefficient (Wildman–Crippen LogP) is 6.04. The van der Waals surface area contributed by atoms with Crippen molar-refractivity contribution in [3.05, 3.63) is 70.7 Å². The second-order valence-corrected chi connectivity index (χ2v) is 13.0. The van der Waals surface area contributed by atoms with Gasteiger partial charge in [-0.2, -0.15) is 14.9 Å². The summed E-state index contributed by atoms with van der Waals surface area (Å²) in [4.78, 5) is 22.7. The lowest BCUT2D eigenvalue weighted by molar-refractivity contribution is -0.0989. The fraction of sp³-hybridized carbons (Fsp3) is 0.406. The number of nitrogens with zero attached hydrogens (tertiary/aromatic N) is 8. The van der Waals surface area contributed by atoms with Gasteiger partial charge in [-0.1, -0.05) is 32.1 Å². The first-order chi connectivity index (χ1) is 20.8. The highest BCUT2D eigenvalue weighted by Gasteiger charge is 2.59. The first-order valence-electron chi connectivity index (χ1n) is 14.5. The number of hydrogen-bond donors (Lipinski definition) is 2. The topological polar surface area (TPSA) is 157 Å². The number of carbonyl (C=O) groups is 1. The number of amides is 1. The average molecular weight is 594 g/mol. The van der Waals surface area contributed by atoms with Gasteiger partial charge in [0.15, 0.2) is 0 Å². The highest BCUT2D eigenvalue weighted by atomic mass is 19.1. The van der Waals surface area contributed by atoms with Gasteiger partial charge < -0.3 is 10.4 Å². The maximum atomic E-state index is 14.1. The fourth-order valence-electron chi connectivity index (χ4n) is 6.16. The van der Waals surface area contributed by atoms with Crippen LogP contribution < -0.4 is 10.2 Å². The van der Waals surface area contributed by atoms with Crippen LogP contribution in [-0.4, -0.2) is 42.2 Å². The van der Waals surface area contributed by atoms with Crippen molar-refractivity contribution in [2.24, 2.45) is 11.3 Å². The maximum Gasteiger partial charge on any atom is 0.412 e. The highest BCUT2D eigenvalue weighted by molar-refractivity contribution is 6.01. The predicted molar refractivity (Wildman–Crippen MR) is 160 cm³/mol. The number of anilines is 2. The molecule has 4 aromatic rings. The van der Waals surface area contributed by atoms with Gasteiger partial charge in [-0.25, -0.2) is 14.5 Å². The monoisotopic (exact) mass is 593 g/mol. The van der Waals surface area contributed by atoms with E-state index in [0.717, 1.165) is 24.2 Å². The molecule has 0 radical (unpaired) electrons. The summed E-state index contributed by atoms with van der Waals surface area (Å²) < 4.78 is 16.0. The molecule has 0 unspecified atom stereocenters. The number of carboxylic acid groups (broad SMARTS) is 1. The summed E-state index contributed by atoms with van der Waals surface area (Å²) in [5.74, 6) is -0.00381. The fourth-order valence-corrected chi connectivity index (χ4v) is 6.16. The van der Waals surface area contributed by atoms with E-state index in [9.17, 15) is 24.8 Å². The Bertz CT molecular complexity index is 1880. The molecule has 2 bridgehead atoms. The van der Waals surface area contributed by atoms with E-state index in [2.05, 4.69) is 58.5 Å². The molecule has 3 fully saturated rings. The Morgan fingerprint density at radius 3 is 2.48 bits per heavy atom. The summed E-state index contributed by atoms with van der Waals surface area (Å²) >= 11 is 0. The minimum Gasteiger partial charge on any atom is -0.465 e. The van der Waals surface area contributed by atoms with Gasteiger partial charge in [-0.3, -0.25) is 9.88 Å². The van der Waals surface area contributed by atoms with E-state index in [1.165, 1.54) is 24.4 Å². The Morgan fingerprint density at radius 2 is 1.91 bits per heavy atom. The third kappa shape index (κ3) is 4.67. The zero-order valence-corrected chi connectivity index (χ0v) is 25.1. The number of aromatic nitrogens is 5. The average Bonchev–Trinajstić information content (AvgIpc) is 3.38. The molecule has 44 heavy (non-hydrogen) atoms. The van der Waals surface area contributed by atoms with Crippen LogP contribution in [0.25, 0.3) is 10.9 Å². The van der Waals surface area contributed by atoms with Gasteiger partial charge in [0, 0.05) is 28.9 Å². The van der Waals surface area contributed by atoms with Gasteiger partial charge in [0.25, 0.3) is 0 Å². The summed E-state index contributed by atoms with van der Waals surface area (Å²) in [6.45, 7) is 9.77. The minimum absolute atomic E-state index is 0.0920. The third-order valence-corrected chi connectivity index (χ3v) is 9.27. The van der Waals surface area contributed by atoms with Gasteiger partial charge in [0.1, 0.15) is 23.9 Å². The van der Waals surface area contributed by atoms with E-state index < -0.39 is 18.1 Å². The third-order valence-electron chi connectivity index (χ3n) is 9.27. The number of nitriles is 2. The molecule has 1 amide bonds. The molecule has 0 aliphatic heterocycles. The molecule has 3 aliphatic carbocycles. The lowest BCUT2D eigenvalue weighted by Gasteiger charge is -2.61. The summed E-state index contributed by atoms with van der Waals surface area (Å²) in [5, 5.41) is 43.6. The molecule has 7 rings (SSSR count). The first-order valence-corrected chi connectivity index (χ1v) is 14.5. The largest absolute Gasteiger partial charge is 0.465 e. The summed E-state index contributed by atoms with van der Waals surface area (Å²) in [5.41, 5.74) is 2.09. The van der Waals surface area contributed by atoms with Crippen molar-refractivity contribution >= 4 is 28.4 Å². The summed E-state index contributed by atoms with van der Waals surface area (Å²) in [6, 6.07) is 8.90. The molecule has 3 heterocycles. The second kappa shape index (κ2) is 10.3. The molecule has 0 spiro atoms. The highest BCUT2D eigenvalue weighted by Crippen LogP contribution is 2.62. The Labute approximate surface area is 254 Å². The molecule has 0 saturated heterocycles. The zero-order chi connectivity index (χ0) is 31.6. The Balaban J connectivity index is 1.57. The minimum atomic E-state index is -1.33. The Morgan fingerprint density at radius 1 is 1.20 bits per heavy atom. The van der Waals surface area contributed by atoms with Crippen LogP contribution in [0.3, 0.4) is 0 Å². The van der Waals surface area contributed by atoms with Crippen molar-refractivity contribution < 1.29 is 14.3 Å². The van der Waals surface area contributed by atoms with Crippen molar-refractivity contribution in [3.63, 3.8) is 0 Å². The van der Waals surface area contributed by atoms with Crippen molar-refractivity contribution in [2.75, 3.05) is 10.2 Å². The number of fused-ring (bicyclic) bond motifs is 1. The van der Waals surface area contributed by atoms with E-state index in [0.29, 0.717) is 33.8 Å². The van der Waals surface area contributed by atoms with Crippen molar-refractivity contribution in [3.8, 4) is 12.1 Å². The van der Waals surface area contributed by atoms with E-state index in [-0.39, 0.29) is 39.5 Å². The molecule has 12 heteroatoms. The molecule has 3 aromatic heterocycles. The lowest BCUT2D eigenvalue weighted by Crippen LogP contribution is -2.59. The van der Waals surface area contributed by atoms with Gasteiger partial charge in [0.2, 0.25) is 5.95 Å². The van der Waals surface area contributed by atoms with E-state index in [1.54, 1.807) is 19.2 Å². The van der Waals surface area contributed by atoms with E-state index in [1.807, 2.05) is 11.6 Å². The van der Waals surface area contributed by atoms with Gasteiger partial charge >= 0.3 is 6.09 Å². The van der Waals surface area contributed by atoms with Crippen molar-refractivity contribution in [1.82, 2.24) is 25.0 Å². The van der Waals surface area contributed by atoms with Crippen LogP contribution in [0.1, 0.15) is 81.1 Å². The standard InChI is InChI=1S/C32H32FN9O2/c1-17-23(6-7-26(33)37-17)29(25-16-41(40-39-25)32-10-19(11-32)12-32)42(30(43)44)22-8-20(13-34)27-24(9-22)28(21(14-35)15-36-27)38-18(2)31(3,4)5/h6-9,15-16,18-19,29H,10-12H2,1-5H3,(H,36,38)(H,43,44)/t18-,19?,29+,32?/m1/s1. The molecule has 3 saturated carbocycles.